The van der Waals surface area contributed by atoms with Gasteiger partial charge in [0, 0.05) is 30.7 Å². The van der Waals surface area contributed by atoms with E-state index in [4.69, 9.17) is 11.2 Å². The molecule has 4 rings (SSSR count). The molecule has 1 saturated heterocycles. The molecule has 3 aromatic carbocycles. The molecule has 5 heteroatoms. The largest absolute Gasteiger partial charge is 0.481 e. The van der Waals surface area contributed by atoms with Crippen LogP contribution in [0.1, 0.15) is 36.0 Å². The summed E-state index contributed by atoms with van der Waals surface area (Å²) in [5.41, 5.74) is 6.26. The van der Waals surface area contributed by atoms with Gasteiger partial charge in [-0.05, 0) is 91.2 Å². The molecule has 0 unspecified atom stereocenters. The molecule has 37 heavy (non-hydrogen) atoms. The van der Waals surface area contributed by atoms with Crippen LogP contribution < -0.4 is 9.46 Å². The Bertz CT molecular complexity index is 1180. The number of hydrogen-bond donors (Lipinski definition) is 1. The quantitative estimate of drug-likeness (QED) is 0.229. The number of benzene rings is 3. The molecule has 0 aliphatic carbocycles. The van der Waals surface area contributed by atoms with Crippen molar-refractivity contribution in [3.05, 3.63) is 113 Å². The van der Waals surface area contributed by atoms with Crippen molar-refractivity contribution in [3.8, 4) is 18.1 Å². The van der Waals surface area contributed by atoms with E-state index in [1.165, 1.54) is 22.3 Å². The number of piperidine rings is 1. The molecule has 0 atom stereocenters. The highest BCUT2D eigenvalue weighted by Gasteiger charge is 2.18. The van der Waals surface area contributed by atoms with Gasteiger partial charge in [-0.1, -0.05) is 59.5 Å². The first-order chi connectivity index (χ1) is 18.1. The van der Waals surface area contributed by atoms with E-state index < -0.39 is 0 Å². The van der Waals surface area contributed by atoms with Crippen molar-refractivity contribution in [3.63, 3.8) is 0 Å². The van der Waals surface area contributed by atoms with Crippen molar-refractivity contribution in [2.75, 3.05) is 26.2 Å². The maximum Gasteiger partial charge on any atom is 0.148 e. The first-order valence-corrected chi connectivity index (χ1v) is 13.4. The summed E-state index contributed by atoms with van der Waals surface area (Å²) in [6.45, 7) is 5.50. The fourth-order valence-corrected chi connectivity index (χ4v) is 5.00. The molecular formula is C32H33FN2OS. The minimum Gasteiger partial charge on any atom is -0.481 e. The number of hydrogen-bond acceptors (Lipinski definition) is 4. The van der Waals surface area contributed by atoms with Crippen molar-refractivity contribution in [1.82, 2.24) is 9.62 Å². The van der Waals surface area contributed by atoms with E-state index in [-0.39, 0.29) is 12.4 Å². The lowest BCUT2D eigenvalue weighted by molar-refractivity contribution is 0.261. The average molecular weight is 513 g/mol. The van der Waals surface area contributed by atoms with Gasteiger partial charge in [0.15, 0.2) is 0 Å². The standard InChI is InChI=1S/C32H33FN2OS/c1-3-24-36-30-14-16-31(17-15-30)37-34-20-4-5-21-35-22-18-28(19-23-35)32(26-8-6-25(2)7-9-26)27-10-12-29(33)13-11-27/h1,4,6-17,20,34H,5,18-19,21-24H2,2H3/b20-4+. The highest BCUT2D eigenvalue weighted by molar-refractivity contribution is 7.97. The number of nitrogens with one attached hydrogen (secondary N) is 1. The number of ether oxygens (including phenoxy) is 1. The number of likely N-dealkylation sites (tertiary alicyclic amines) is 1. The summed E-state index contributed by atoms with van der Waals surface area (Å²) in [7, 11) is 0. The third-order valence-corrected chi connectivity index (χ3v) is 7.17. The molecule has 1 aliphatic rings. The summed E-state index contributed by atoms with van der Waals surface area (Å²) < 4.78 is 22.3. The molecule has 0 spiro atoms. The van der Waals surface area contributed by atoms with Gasteiger partial charge < -0.3 is 14.4 Å². The number of terminal acetylenes is 1. The summed E-state index contributed by atoms with van der Waals surface area (Å²) >= 11 is 1.56. The Hall–Kier alpha value is -3.46. The zero-order chi connectivity index (χ0) is 25.9. The van der Waals surface area contributed by atoms with E-state index in [0.29, 0.717) is 0 Å². The van der Waals surface area contributed by atoms with Crippen LogP contribution in [0, 0.1) is 25.1 Å². The van der Waals surface area contributed by atoms with Crippen LogP contribution in [0.2, 0.25) is 0 Å². The lowest BCUT2D eigenvalue weighted by Gasteiger charge is -2.30. The summed E-state index contributed by atoms with van der Waals surface area (Å²) in [5.74, 6) is 3.05. The van der Waals surface area contributed by atoms with Gasteiger partial charge in [-0.25, -0.2) is 4.39 Å². The van der Waals surface area contributed by atoms with Gasteiger partial charge in [0.25, 0.3) is 0 Å². The van der Waals surface area contributed by atoms with E-state index in [9.17, 15) is 4.39 Å². The van der Waals surface area contributed by atoms with Crippen LogP contribution in [0.25, 0.3) is 5.57 Å². The molecule has 1 aliphatic heterocycles. The predicted octanol–water partition coefficient (Wildman–Crippen LogP) is 7.24. The fourth-order valence-electron chi connectivity index (χ4n) is 4.43. The molecule has 3 nitrogen and oxygen atoms in total. The topological polar surface area (TPSA) is 24.5 Å². The molecule has 1 N–H and O–H groups in total. The van der Waals surface area contributed by atoms with Crippen molar-refractivity contribution < 1.29 is 9.13 Å². The van der Waals surface area contributed by atoms with Crippen LogP contribution in [0.3, 0.4) is 0 Å². The van der Waals surface area contributed by atoms with Crippen LogP contribution in [0.4, 0.5) is 4.39 Å². The molecule has 0 amide bonds. The molecule has 0 bridgehead atoms. The second-order valence-electron chi connectivity index (χ2n) is 9.07. The van der Waals surface area contributed by atoms with Crippen LogP contribution in [-0.2, 0) is 0 Å². The van der Waals surface area contributed by atoms with E-state index in [0.717, 1.165) is 55.1 Å². The van der Waals surface area contributed by atoms with E-state index in [1.54, 1.807) is 24.1 Å². The summed E-state index contributed by atoms with van der Waals surface area (Å²) in [6.07, 6.45) is 12.5. The first-order valence-electron chi connectivity index (χ1n) is 12.6. The van der Waals surface area contributed by atoms with E-state index >= 15 is 0 Å². The molecule has 3 aromatic rings. The molecular weight excluding hydrogens is 479 g/mol. The number of halogens is 1. The average Bonchev–Trinajstić information content (AvgIpc) is 2.93. The Morgan fingerprint density at radius 1 is 1.00 bits per heavy atom. The number of nitrogens with zero attached hydrogens (tertiary/aromatic N) is 1. The smallest absolute Gasteiger partial charge is 0.148 e. The van der Waals surface area contributed by atoms with Gasteiger partial charge in [0.2, 0.25) is 0 Å². The minimum absolute atomic E-state index is 0.198. The van der Waals surface area contributed by atoms with Gasteiger partial charge in [-0.2, -0.15) is 0 Å². The molecule has 0 radical (unpaired) electrons. The van der Waals surface area contributed by atoms with Crippen molar-refractivity contribution in [2.45, 2.75) is 31.1 Å². The second kappa shape index (κ2) is 13.7. The first kappa shape index (κ1) is 26.6. The molecule has 0 aromatic heterocycles. The lowest BCUT2D eigenvalue weighted by atomic mass is 9.88. The van der Waals surface area contributed by atoms with Crippen molar-refractivity contribution in [2.24, 2.45) is 0 Å². The van der Waals surface area contributed by atoms with E-state index in [2.05, 4.69) is 52.8 Å². The minimum atomic E-state index is -0.198. The normalized spacial score (nSPS) is 13.9. The summed E-state index contributed by atoms with van der Waals surface area (Å²) in [6, 6.07) is 23.5. The number of aryl methyl sites for hydroxylation is 1. The number of rotatable bonds is 10. The zero-order valence-corrected chi connectivity index (χ0v) is 22.1. The van der Waals surface area contributed by atoms with Crippen LogP contribution in [0.15, 0.2) is 95.5 Å². The Labute approximate surface area is 224 Å². The summed E-state index contributed by atoms with van der Waals surface area (Å²) in [5, 5.41) is 0. The van der Waals surface area contributed by atoms with Gasteiger partial charge in [0.1, 0.15) is 18.2 Å². The maximum atomic E-state index is 13.6. The van der Waals surface area contributed by atoms with Gasteiger partial charge >= 0.3 is 0 Å². The highest BCUT2D eigenvalue weighted by atomic mass is 32.2. The van der Waals surface area contributed by atoms with Crippen molar-refractivity contribution in [1.29, 1.82) is 0 Å². The monoisotopic (exact) mass is 512 g/mol. The van der Waals surface area contributed by atoms with Gasteiger partial charge in [0.05, 0.1) is 0 Å². The van der Waals surface area contributed by atoms with Crippen LogP contribution in [-0.4, -0.2) is 31.1 Å². The van der Waals surface area contributed by atoms with E-state index in [1.807, 2.05) is 42.6 Å². The predicted molar refractivity (Wildman–Crippen MR) is 153 cm³/mol. The van der Waals surface area contributed by atoms with Crippen molar-refractivity contribution >= 4 is 17.5 Å². The molecule has 1 fully saturated rings. The Balaban J connectivity index is 1.27. The Kier molecular flexibility index (Phi) is 9.88. The van der Waals surface area contributed by atoms with Gasteiger partial charge in [-0.15, -0.1) is 6.42 Å². The summed E-state index contributed by atoms with van der Waals surface area (Å²) in [4.78, 5) is 3.63. The molecule has 1 heterocycles. The maximum absolute atomic E-state index is 13.6. The zero-order valence-electron chi connectivity index (χ0n) is 21.3. The fraction of sp³-hybridized carbons (Fsp3) is 0.250. The van der Waals surface area contributed by atoms with Crippen LogP contribution >= 0.6 is 11.9 Å². The third-order valence-electron chi connectivity index (χ3n) is 6.41. The Morgan fingerprint density at radius 3 is 2.30 bits per heavy atom. The SMILES string of the molecule is C#CCOc1ccc(SN/C=C/CCN2CCC(=C(c3ccc(C)cc3)c3ccc(F)cc3)CC2)cc1. The Morgan fingerprint density at radius 2 is 1.65 bits per heavy atom. The molecule has 0 saturated carbocycles. The second-order valence-corrected chi connectivity index (χ2v) is 9.98. The van der Waals surface area contributed by atoms with Crippen LogP contribution in [0.5, 0.6) is 5.75 Å². The molecule has 190 valence electrons. The lowest BCUT2D eigenvalue weighted by Crippen LogP contribution is -2.31. The van der Waals surface area contributed by atoms with Gasteiger partial charge in [-0.3, -0.25) is 0 Å². The highest BCUT2D eigenvalue weighted by Crippen LogP contribution is 2.32. The third kappa shape index (κ3) is 8.01.